The molecule has 174 valence electrons. The standard InChI is InChI=1S/C22H23ClF2N6O2/c1-12(22(2,3)4)28-19-17(18(23)29-20-26-11-27-31(19)20)16-14(24)9-13(10-15(16)25)7-6-8-30(5)21(32)33/h9-12,28H,8H2,1-5H3,(H,32,33)/t12-/m1/s1. The zero-order valence-corrected chi connectivity index (χ0v) is 19.5. The third-order valence-corrected chi connectivity index (χ3v) is 5.48. The number of halogens is 3. The summed E-state index contributed by atoms with van der Waals surface area (Å²) >= 11 is 6.37. The predicted molar refractivity (Wildman–Crippen MR) is 121 cm³/mol. The van der Waals surface area contributed by atoms with Crippen LogP contribution >= 0.6 is 11.6 Å². The Morgan fingerprint density at radius 3 is 2.52 bits per heavy atom. The first-order valence-corrected chi connectivity index (χ1v) is 10.4. The highest BCUT2D eigenvalue weighted by Crippen LogP contribution is 2.39. The molecule has 0 bridgehead atoms. The highest BCUT2D eigenvalue weighted by Gasteiger charge is 2.27. The van der Waals surface area contributed by atoms with Gasteiger partial charge < -0.3 is 15.3 Å². The minimum atomic E-state index is -1.16. The third kappa shape index (κ3) is 5.14. The van der Waals surface area contributed by atoms with Crippen molar-refractivity contribution in [3.8, 4) is 23.0 Å². The minimum absolute atomic E-state index is 0.00545. The number of fused-ring (bicyclic) bond motifs is 1. The molecule has 0 saturated heterocycles. The number of aromatic nitrogens is 4. The summed E-state index contributed by atoms with van der Waals surface area (Å²) in [5.74, 6) is 3.77. The largest absolute Gasteiger partial charge is 0.465 e. The van der Waals surface area contributed by atoms with Gasteiger partial charge in [-0.2, -0.15) is 19.6 Å². The van der Waals surface area contributed by atoms with Crippen molar-refractivity contribution in [1.82, 2.24) is 24.5 Å². The smallest absolute Gasteiger partial charge is 0.407 e. The van der Waals surface area contributed by atoms with Crippen LogP contribution in [-0.2, 0) is 0 Å². The van der Waals surface area contributed by atoms with E-state index in [0.29, 0.717) is 0 Å². The monoisotopic (exact) mass is 476 g/mol. The van der Waals surface area contributed by atoms with Gasteiger partial charge in [0, 0.05) is 18.7 Å². The fourth-order valence-corrected chi connectivity index (χ4v) is 3.06. The lowest BCUT2D eigenvalue weighted by molar-refractivity contribution is 0.161. The zero-order valence-electron chi connectivity index (χ0n) is 18.7. The molecule has 0 radical (unpaired) electrons. The summed E-state index contributed by atoms with van der Waals surface area (Å²) in [6, 6.07) is 1.99. The van der Waals surface area contributed by atoms with Gasteiger partial charge in [0.2, 0.25) is 0 Å². The van der Waals surface area contributed by atoms with Crippen LogP contribution in [-0.4, -0.2) is 55.3 Å². The number of carboxylic acid groups (broad SMARTS) is 1. The van der Waals surface area contributed by atoms with Gasteiger partial charge in [-0.3, -0.25) is 0 Å². The van der Waals surface area contributed by atoms with Crippen LogP contribution in [0.2, 0.25) is 5.15 Å². The molecule has 0 saturated carbocycles. The maximum Gasteiger partial charge on any atom is 0.407 e. The van der Waals surface area contributed by atoms with Crippen molar-refractivity contribution in [2.24, 2.45) is 5.41 Å². The molecule has 3 rings (SSSR count). The molecular weight excluding hydrogens is 454 g/mol. The second kappa shape index (κ2) is 9.19. The van der Waals surface area contributed by atoms with E-state index < -0.39 is 17.7 Å². The van der Waals surface area contributed by atoms with Gasteiger partial charge in [0.1, 0.15) is 28.9 Å². The Kier molecular flexibility index (Phi) is 6.74. The van der Waals surface area contributed by atoms with Gasteiger partial charge in [-0.15, -0.1) is 0 Å². The molecule has 1 atom stereocenters. The van der Waals surface area contributed by atoms with Crippen molar-refractivity contribution in [1.29, 1.82) is 0 Å². The summed E-state index contributed by atoms with van der Waals surface area (Å²) in [6.45, 7) is 7.87. The Labute approximate surface area is 194 Å². The number of hydrogen-bond donors (Lipinski definition) is 2. The molecule has 2 N–H and O–H groups in total. The van der Waals surface area contributed by atoms with E-state index in [9.17, 15) is 4.79 Å². The molecule has 0 spiro atoms. The number of amides is 1. The number of anilines is 1. The van der Waals surface area contributed by atoms with Crippen LogP contribution in [0.15, 0.2) is 18.5 Å². The molecule has 2 heterocycles. The Morgan fingerprint density at radius 2 is 1.94 bits per heavy atom. The number of rotatable bonds is 4. The average molecular weight is 477 g/mol. The van der Waals surface area contributed by atoms with Gasteiger partial charge in [0.05, 0.1) is 17.7 Å². The lowest BCUT2D eigenvalue weighted by Gasteiger charge is -2.30. The van der Waals surface area contributed by atoms with E-state index in [0.717, 1.165) is 17.0 Å². The van der Waals surface area contributed by atoms with Crippen LogP contribution in [0, 0.1) is 28.9 Å². The Hall–Kier alpha value is -3.45. The first-order valence-electron chi connectivity index (χ1n) is 9.98. The van der Waals surface area contributed by atoms with E-state index in [1.807, 2.05) is 27.7 Å². The molecule has 0 aliphatic rings. The molecule has 1 amide bonds. The van der Waals surface area contributed by atoms with Crippen LogP contribution in [0.1, 0.15) is 33.3 Å². The molecule has 0 aliphatic carbocycles. The van der Waals surface area contributed by atoms with Gasteiger partial charge in [-0.25, -0.2) is 13.6 Å². The van der Waals surface area contributed by atoms with Gasteiger partial charge in [-0.05, 0) is 24.5 Å². The molecule has 0 fully saturated rings. The summed E-state index contributed by atoms with van der Waals surface area (Å²) < 4.78 is 31.7. The van der Waals surface area contributed by atoms with Gasteiger partial charge in [0.25, 0.3) is 5.78 Å². The van der Waals surface area contributed by atoms with E-state index in [-0.39, 0.29) is 51.4 Å². The van der Waals surface area contributed by atoms with Gasteiger partial charge >= 0.3 is 6.09 Å². The van der Waals surface area contributed by atoms with Crippen LogP contribution in [0.4, 0.5) is 19.4 Å². The van der Waals surface area contributed by atoms with Crippen LogP contribution in [0.3, 0.4) is 0 Å². The maximum absolute atomic E-state index is 15.2. The summed E-state index contributed by atoms with van der Waals surface area (Å²) in [7, 11) is 1.34. The first kappa shape index (κ1) is 24.2. The number of hydrogen-bond acceptors (Lipinski definition) is 5. The first-order chi connectivity index (χ1) is 15.4. The molecule has 8 nitrogen and oxygen atoms in total. The van der Waals surface area contributed by atoms with Crippen molar-refractivity contribution in [3.05, 3.63) is 40.8 Å². The second-order valence-electron chi connectivity index (χ2n) is 8.59. The van der Waals surface area contributed by atoms with Crippen LogP contribution in [0.25, 0.3) is 16.9 Å². The molecule has 3 aromatic rings. The highest BCUT2D eigenvalue weighted by molar-refractivity contribution is 6.33. The lowest BCUT2D eigenvalue weighted by Crippen LogP contribution is -2.32. The minimum Gasteiger partial charge on any atom is -0.465 e. The fraction of sp³-hybridized carbons (Fsp3) is 0.364. The summed E-state index contributed by atoms with van der Waals surface area (Å²) in [5.41, 5.74) is -0.525. The predicted octanol–water partition coefficient (Wildman–Crippen LogP) is 4.53. The van der Waals surface area contributed by atoms with Gasteiger partial charge in [0.15, 0.2) is 0 Å². The van der Waals surface area contributed by atoms with Crippen LogP contribution in [0.5, 0.6) is 0 Å². The normalized spacial score (nSPS) is 12.2. The molecule has 0 unspecified atom stereocenters. The molecule has 0 aliphatic heterocycles. The number of nitrogens with zero attached hydrogens (tertiary/aromatic N) is 5. The average Bonchev–Trinajstić information content (AvgIpc) is 3.16. The maximum atomic E-state index is 15.2. The number of benzene rings is 1. The molecule has 2 aromatic heterocycles. The van der Waals surface area contributed by atoms with E-state index in [4.69, 9.17) is 16.7 Å². The van der Waals surface area contributed by atoms with Crippen molar-refractivity contribution in [3.63, 3.8) is 0 Å². The van der Waals surface area contributed by atoms with E-state index in [1.165, 1.54) is 17.9 Å². The van der Waals surface area contributed by atoms with E-state index >= 15 is 8.78 Å². The van der Waals surface area contributed by atoms with Crippen molar-refractivity contribution in [2.45, 2.75) is 33.7 Å². The molecular formula is C22H23ClF2N6O2. The molecule has 33 heavy (non-hydrogen) atoms. The number of nitrogens with one attached hydrogen (secondary N) is 1. The third-order valence-electron chi connectivity index (χ3n) is 5.20. The Bertz CT molecular complexity index is 1250. The fourth-order valence-electron chi connectivity index (χ4n) is 2.81. The zero-order chi connectivity index (χ0) is 24.5. The van der Waals surface area contributed by atoms with Gasteiger partial charge in [-0.1, -0.05) is 44.2 Å². The van der Waals surface area contributed by atoms with Crippen LogP contribution < -0.4 is 5.32 Å². The molecule has 11 heteroatoms. The number of carbonyl (C=O) groups is 1. The Balaban J connectivity index is 2.13. The summed E-state index contributed by atoms with van der Waals surface area (Å²) in [6.07, 6.45) is 0.113. The van der Waals surface area contributed by atoms with E-state index in [2.05, 4.69) is 32.2 Å². The van der Waals surface area contributed by atoms with Crippen molar-refractivity contribution in [2.75, 3.05) is 18.9 Å². The van der Waals surface area contributed by atoms with E-state index in [1.54, 1.807) is 0 Å². The van der Waals surface area contributed by atoms with Crippen molar-refractivity contribution >= 4 is 29.3 Å². The summed E-state index contributed by atoms with van der Waals surface area (Å²) in [4.78, 5) is 19.9. The van der Waals surface area contributed by atoms with Crippen molar-refractivity contribution < 1.29 is 18.7 Å². The molecule has 1 aromatic carbocycles. The lowest BCUT2D eigenvalue weighted by atomic mass is 9.88. The second-order valence-corrected chi connectivity index (χ2v) is 8.94. The highest BCUT2D eigenvalue weighted by atomic mass is 35.5. The SMILES string of the molecule is C[C@@H](Nc1c(-c2c(F)cc(C#CCN(C)C(=O)O)cc2F)c(Cl)nc2ncnn12)C(C)(C)C. The Morgan fingerprint density at radius 1 is 1.30 bits per heavy atom. The topological polar surface area (TPSA) is 95.7 Å². The summed E-state index contributed by atoms with van der Waals surface area (Å²) in [5, 5.41) is 16.1. The quantitative estimate of drug-likeness (QED) is 0.424.